The highest BCUT2D eigenvalue weighted by Crippen LogP contribution is 2.14. The van der Waals surface area contributed by atoms with Gasteiger partial charge >= 0.3 is 0 Å². The van der Waals surface area contributed by atoms with Crippen LogP contribution in [0.1, 0.15) is 24.7 Å². The zero-order valence-electron chi connectivity index (χ0n) is 9.86. The first-order chi connectivity index (χ1) is 8.20. The summed E-state index contributed by atoms with van der Waals surface area (Å²) in [4.78, 5) is 4.27. The summed E-state index contributed by atoms with van der Waals surface area (Å²) in [6.45, 7) is 2.60. The average Bonchev–Trinajstić information content (AvgIpc) is 2.71. The van der Waals surface area contributed by atoms with Gasteiger partial charge in [0, 0.05) is 30.1 Å². The molecule has 17 heavy (non-hydrogen) atoms. The van der Waals surface area contributed by atoms with Crippen molar-refractivity contribution in [2.75, 3.05) is 5.73 Å². The lowest BCUT2D eigenvalue weighted by molar-refractivity contribution is 0.593. The third kappa shape index (κ3) is 2.64. The van der Waals surface area contributed by atoms with Crippen molar-refractivity contribution in [3.8, 4) is 0 Å². The van der Waals surface area contributed by atoms with Crippen LogP contribution >= 0.6 is 0 Å². The highest BCUT2D eigenvalue weighted by atomic mass is 19.1. The van der Waals surface area contributed by atoms with E-state index >= 15 is 0 Å². The summed E-state index contributed by atoms with van der Waals surface area (Å²) in [7, 11) is 0. The van der Waals surface area contributed by atoms with E-state index in [1.807, 2.05) is 10.8 Å². The molecule has 2 N–H and O–H groups in total. The lowest BCUT2D eigenvalue weighted by Gasteiger charge is -2.08. The van der Waals surface area contributed by atoms with E-state index in [2.05, 4.69) is 11.9 Å². The van der Waals surface area contributed by atoms with Crippen LogP contribution in [0.25, 0.3) is 0 Å². The van der Waals surface area contributed by atoms with Crippen molar-refractivity contribution in [3.05, 3.63) is 47.8 Å². The van der Waals surface area contributed by atoms with Crippen molar-refractivity contribution in [3.63, 3.8) is 0 Å². The zero-order chi connectivity index (χ0) is 12.3. The van der Waals surface area contributed by atoms with Crippen LogP contribution in [0.2, 0.25) is 0 Å². The Bertz CT molecular complexity index is 505. The molecule has 0 aliphatic rings. The van der Waals surface area contributed by atoms with Gasteiger partial charge in [-0.05, 0) is 18.6 Å². The maximum Gasteiger partial charge on any atom is 0.130 e. The summed E-state index contributed by atoms with van der Waals surface area (Å²) < 4.78 is 15.6. The largest absolute Gasteiger partial charge is 0.399 e. The van der Waals surface area contributed by atoms with Gasteiger partial charge in [-0.2, -0.15) is 0 Å². The van der Waals surface area contributed by atoms with Crippen LogP contribution in [0.3, 0.4) is 0 Å². The van der Waals surface area contributed by atoms with Crippen molar-refractivity contribution < 1.29 is 4.39 Å². The molecule has 0 fully saturated rings. The van der Waals surface area contributed by atoms with Gasteiger partial charge in [0.05, 0.1) is 6.54 Å². The molecular formula is C13H16FN3. The third-order valence-corrected chi connectivity index (χ3v) is 2.69. The summed E-state index contributed by atoms with van der Waals surface area (Å²) in [6.07, 6.45) is 5.56. The predicted octanol–water partition coefficient (Wildman–Crippen LogP) is 2.61. The van der Waals surface area contributed by atoms with Crippen molar-refractivity contribution in [2.24, 2.45) is 0 Å². The van der Waals surface area contributed by atoms with Gasteiger partial charge in [0.25, 0.3) is 0 Å². The van der Waals surface area contributed by atoms with E-state index in [-0.39, 0.29) is 5.82 Å². The Labute approximate surface area is 100 Å². The molecule has 0 unspecified atom stereocenters. The Morgan fingerprint density at radius 1 is 1.41 bits per heavy atom. The van der Waals surface area contributed by atoms with Crippen molar-refractivity contribution in [1.82, 2.24) is 9.55 Å². The number of hydrogen-bond acceptors (Lipinski definition) is 2. The summed E-state index contributed by atoms with van der Waals surface area (Å²) in [5.41, 5.74) is 6.60. The molecule has 0 aliphatic heterocycles. The van der Waals surface area contributed by atoms with E-state index in [1.165, 1.54) is 6.07 Å². The lowest BCUT2D eigenvalue weighted by atomic mass is 10.2. The number of anilines is 1. The number of benzene rings is 1. The summed E-state index contributed by atoms with van der Waals surface area (Å²) in [5.74, 6) is 0.727. The number of imidazole rings is 1. The first-order valence-electron chi connectivity index (χ1n) is 5.74. The normalized spacial score (nSPS) is 10.7. The molecular weight excluding hydrogens is 217 g/mol. The Kier molecular flexibility index (Phi) is 3.42. The number of hydrogen-bond donors (Lipinski definition) is 1. The maximum atomic E-state index is 13.6. The van der Waals surface area contributed by atoms with Gasteiger partial charge < -0.3 is 10.3 Å². The molecule has 90 valence electrons. The minimum Gasteiger partial charge on any atom is -0.399 e. The molecule has 0 bridgehead atoms. The quantitative estimate of drug-likeness (QED) is 0.825. The Balaban J connectivity index is 2.22. The number of aryl methyl sites for hydroxylation is 1. The van der Waals surface area contributed by atoms with E-state index in [0.717, 1.165) is 18.7 Å². The summed E-state index contributed by atoms with van der Waals surface area (Å²) in [6, 6.07) is 4.79. The zero-order valence-corrected chi connectivity index (χ0v) is 9.86. The first kappa shape index (κ1) is 11.6. The second-order valence-electron chi connectivity index (χ2n) is 4.07. The second kappa shape index (κ2) is 4.99. The Morgan fingerprint density at radius 2 is 2.24 bits per heavy atom. The van der Waals surface area contributed by atoms with Crippen LogP contribution in [-0.2, 0) is 13.0 Å². The molecule has 0 aliphatic carbocycles. The Morgan fingerprint density at radius 3 is 2.94 bits per heavy atom. The van der Waals surface area contributed by atoms with Crippen LogP contribution in [-0.4, -0.2) is 9.55 Å². The smallest absolute Gasteiger partial charge is 0.130 e. The van der Waals surface area contributed by atoms with Gasteiger partial charge in [0.2, 0.25) is 0 Å². The minimum absolute atomic E-state index is 0.263. The predicted molar refractivity (Wildman–Crippen MR) is 66.1 cm³/mol. The minimum atomic E-state index is -0.263. The van der Waals surface area contributed by atoms with Crippen LogP contribution in [0.4, 0.5) is 10.1 Å². The van der Waals surface area contributed by atoms with Crippen LogP contribution in [0.15, 0.2) is 30.6 Å². The number of rotatable bonds is 4. The van der Waals surface area contributed by atoms with Gasteiger partial charge in [0.15, 0.2) is 0 Å². The van der Waals surface area contributed by atoms with Crippen molar-refractivity contribution in [2.45, 2.75) is 26.3 Å². The van der Waals surface area contributed by atoms with Crippen molar-refractivity contribution in [1.29, 1.82) is 0 Å². The summed E-state index contributed by atoms with van der Waals surface area (Å²) >= 11 is 0. The van der Waals surface area contributed by atoms with Gasteiger partial charge in [-0.1, -0.05) is 13.0 Å². The van der Waals surface area contributed by atoms with E-state index in [9.17, 15) is 4.39 Å². The molecule has 0 spiro atoms. The van der Waals surface area contributed by atoms with E-state index in [1.54, 1.807) is 18.3 Å². The van der Waals surface area contributed by atoms with Crippen LogP contribution < -0.4 is 5.73 Å². The molecule has 3 nitrogen and oxygen atoms in total. The third-order valence-electron chi connectivity index (χ3n) is 2.69. The van der Waals surface area contributed by atoms with E-state index in [0.29, 0.717) is 17.8 Å². The van der Waals surface area contributed by atoms with Gasteiger partial charge in [-0.3, -0.25) is 0 Å². The molecule has 0 saturated heterocycles. The lowest BCUT2D eigenvalue weighted by Crippen LogP contribution is -2.06. The number of nitrogen functional groups attached to an aromatic ring is 1. The van der Waals surface area contributed by atoms with Gasteiger partial charge in [0.1, 0.15) is 11.6 Å². The first-order valence-corrected chi connectivity index (χ1v) is 5.74. The fraction of sp³-hybridized carbons (Fsp3) is 0.308. The molecule has 0 radical (unpaired) electrons. The number of aromatic nitrogens is 2. The maximum absolute atomic E-state index is 13.6. The molecule has 0 atom stereocenters. The Hall–Kier alpha value is -1.84. The number of nitrogens with zero attached hydrogens (tertiary/aromatic N) is 2. The van der Waals surface area contributed by atoms with Crippen LogP contribution in [0, 0.1) is 5.82 Å². The van der Waals surface area contributed by atoms with Crippen LogP contribution in [0.5, 0.6) is 0 Å². The topological polar surface area (TPSA) is 43.8 Å². The molecule has 2 rings (SSSR count). The molecule has 4 heteroatoms. The van der Waals surface area contributed by atoms with Crippen molar-refractivity contribution >= 4 is 5.69 Å². The number of halogens is 1. The average molecular weight is 233 g/mol. The highest BCUT2D eigenvalue weighted by Gasteiger charge is 2.06. The molecule has 0 amide bonds. The monoisotopic (exact) mass is 233 g/mol. The fourth-order valence-corrected chi connectivity index (χ4v) is 1.81. The molecule has 2 aromatic rings. The SMILES string of the molecule is CCCc1nccn1Cc1ccc(N)cc1F. The molecule has 1 heterocycles. The van der Waals surface area contributed by atoms with Gasteiger partial charge in [-0.25, -0.2) is 9.37 Å². The standard InChI is InChI=1S/C13H16FN3/c1-2-3-13-16-6-7-17(13)9-10-4-5-11(15)8-12(10)14/h4-8H,2-3,9,15H2,1H3. The van der Waals surface area contributed by atoms with Gasteiger partial charge in [-0.15, -0.1) is 0 Å². The van der Waals surface area contributed by atoms with E-state index < -0.39 is 0 Å². The molecule has 1 aromatic heterocycles. The highest BCUT2D eigenvalue weighted by molar-refractivity contribution is 5.40. The molecule has 1 aromatic carbocycles. The summed E-state index contributed by atoms with van der Waals surface area (Å²) in [5, 5.41) is 0. The fourth-order valence-electron chi connectivity index (χ4n) is 1.81. The number of nitrogens with two attached hydrogens (primary N) is 1. The second-order valence-corrected chi connectivity index (χ2v) is 4.07. The molecule has 0 saturated carbocycles. The van der Waals surface area contributed by atoms with E-state index in [4.69, 9.17) is 5.73 Å².